The molecule has 3 rings (SSSR count). The standard InChI is InChI=1S/C23H26FNO3/c1-18-7-12-23(28-18)15-25(13-19-8-10-21(24)11-9-19)14-22(26)17-27-16-20-5-3-2-4-6-20/h2-12,22,26H,13-17H2,1H3/t22-/m1/s1. The summed E-state index contributed by atoms with van der Waals surface area (Å²) in [5.74, 6) is 1.42. The summed E-state index contributed by atoms with van der Waals surface area (Å²) in [4.78, 5) is 2.07. The lowest BCUT2D eigenvalue weighted by Gasteiger charge is -2.24. The molecule has 2 aromatic carbocycles. The molecule has 1 atom stereocenters. The largest absolute Gasteiger partial charge is 0.465 e. The molecule has 5 heteroatoms. The molecule has 1 N–H and O–H groups in total. The molecule has 0 aliphatic rings. The predicted octanol–water partition coefficient (Wildman–Crippen LogP) is 4.31. The molecule has 0 unspecified atom stereocenters. The number of ether oxygens (including phenoxy) is 1. The average Bonchev–Trinajstić information content (AvgIpc) is 3.09. The molecule has 0 amide bonds. The molecule has 4 nitrogen and oxygen atoms in total. The van der Waals surface area contributed by atoms with Gasteiger partial charge in [0.05, 0.1) is 25.9 Å². The van der Waals surface area contributed by atoms with Crippen LogP contribution >= 0.6 is 0 Å². The zero-order valence-corrected chi connectivity index (χ0v) is 16.1. The van der Waals surface area contributed by atoms with E-state index in [2.05, 4.69) is 4.90 Å². The van der Waals surface area contributed by atoms with E-state index in [0.717, 1.165) is 22.6 Å². The smallest absolute Gasteiger partial charge is 0.123 e. The minimum absolute atomic E-state index is 0.242. The van der Waals surface area contributed by atoms with Crippen molar-refractivity contribution in [2.24, 2.45) is 0 Å². The number of furan rings is 1. The van der Waals surface area contributed by atoms with E-state index in [-0.39, 0.29) is 12.4 Å². The van der Waals surface area contributed by atoms with Crippen LogP contribution in [0, 0.1) is 12.7 Å². The molecule has 3 aromatic rings. The summed E-state index contributed by atoms with van der Waals surface area (Å²) in [5, 5.41) is 10.4. The minimum Gasteiger partial charge on any atom is -0.465 e. The summed E-state index contributed by atoms with van der Waals surface area (Å²) >= 11 is 0. The van der Waals surface area contributed by atoms with E-state index >= 15 is 0 Å². The zero-order valence-electron chi connectivity index (χ0n) is 16.1. The Morgan fingerprint density at radius 2 is 1.71 bits per heavy atom. The van der Waals surface area contributed by atoms with Crippen LogP contribution in [0.5, 0.6) is 0 Å². The van der Waals surface area contributed by atoms with Gasteiger partial charge >= 0.3 is 0 Å². The van der Waals surface area contributed by atoms with Gasteiger partial charge in [0.2, 0.25) is 0 Å². The second-order valence-electron chi connectivity index (χ2n) is 6.96. The van der Waals surface area contributed by atoms with Crippen LogP contribution < -0.4 is 0 Å². The fourth-order valence-electron chi connectivity index (χ4n) is 3.06. The first-order chi connectivity index (χ1) is 13.6. The third-order valence-electron chi connectivity index (χ3n) is 4.39. The highest BCUT2D eigenvalue weighted by Crippen LogP contribution is 2.14. The fourth-order valence-corrected chi connectivity index (χ4v) is 3.06. The molecular weight excluding hydrogens is 357 g/mol. The van der Waals surface area contributed by atoms with E-state index in [1.54, 1.807) is 12.1 Å². The van der Waals surface area contributed by atoms with E-state index < -0.39 is 6.10 Å². The molecule has 1 aromatic heterocycles. The molecule has 0 spiro atoms. The van der Waals surface area contributed by atoms with Crippen molar-refractivity contribution in [3.63, 3.8) is 0 Å². The predicted molar refractivity (Wildman–Crippen MR) is 106 cm³/mol. The zero-order chi connectivity index (χ0) is 19.8. The molecule has 0 saturated carbocycles. The van der Waals surface area contributed by atoms with Crippen molar-refractivity contribution in [3.05, 3.63) is 95.2 Å². The van der Waals surface area contributed by atoms with Crippen LogP contribution in [0.2, 0.25) is 0 Å². The van der Waals surface area contributed by atoms with Gasteiger partial charge in [-0.05, 0) is 42.3 Å². The van der Waals surface area contributed by atoms with E-state index in [9.17, 15) is 9.50 Å². The maximum atomic E-state index is 13.2. The van der Waals surface area contributed by atoms with Gasteiger partial charge in [-0.25, -0.2) is 4.39 Å². The second kappa shape index (κ2) is 10.2. The van der Waals surface area contributed by atoms with Crippen LogP contribution in [0.1, 0.15) is 22.6 Å². The van der Waals surface area contributed by atoms with Crippen molar-refractivity contribution in [2.45, 2.75) is 32.7 Å². The Balaban J connectivity index is 1.56. The van der Waals surface area contributed by atoms with Crippen LogP contribution in [0.4, 0.5) is 4.39 Å². The highest BCUT2D eigenvalue weighted by molar-refractivity contribution is 5.16. The van der Waals surface area contributed by atoms with Crippen LogP contribution in [-0.2, 0) is 24.4 Å². The van der Waals surface area contributed by atoms with Crippen LogP contribution in [0.3, 0.4) is 0 Å². The second-order valence-corrected chi connectivity index (χ2v) is 6.96. The van der Waals surface area contributed by atoms with Gasteiger partial charge in [0.1, 0.15) is 17.3 Å². The van der Waals surface area contributed by atoms with Gasteiger partial charge < -0.3 is 14.3 Å². The quantitative estimate of drug-likeness (QED) is 0.567. The van der Waals surface area contributed by atoms with Crippen molar-refractivity contribution < 1.29 is 18.7 Å². The Bertz CT molecular complexity index is 833. The van der Waals surface area contributed by atoms with E-state index in [1.807, 2.05) is 49.4 Å². The number of benzene rings is 2. The topological polar surface area (TPSA) is 45.8 Å². The Morgan fingerprint density at radius 3 is 2.39 bits per heavy atom. The SMILES string of the molecule is Cc1ccc(CN(Cc2ccc(F)cc2)C[C@@H](O)COCc2ccccc2)o1. The maximum absolute atomic E-state index is 13.2. The Morgan fingerprint density at radius 1 is 0.964 bits per heavy atom. The molecule has 0 bridgehead atoms. The number of hydrogen-bond donors (Lipinski definition) is 1. The highest BCUT2D eigenvalue weighted by atomic mass is 19.1. The molecule has 0 aliphatic heterocycles. The lowest BCUT2D eigenvalue weighted by molar-refractivity contribution is 0.00610. The number of hydrogen-bond acceptors (Lipinski definition) is 4. The molecule has 148 valence electrons. The number of aliphatic hydroxyl groups is 1. The molecule has 0 saturated heterocycles. The first-order valence-electron chi connectivity index (χ1n) is 9.40. The van der Waals surface area contributed by atoms with E-state index in [0.29, 0.717) is 26.2 Å². The van der Waals surface area contributed by atoms with Gasteiger partial charge in [-0.15, -0.1) is 0 Å². The molecule has 0 fully saturated rings. The normalized spacial score (nSPS) is 12.4. The molecule has 0 radical (unpaired) electrons. The molecule has 0 aliphatic carbocycles. The van der Waals surface area contributed by atoms with Crippen molar-refractivity contribution in [1.82, 2.24) is 4.90 Å². The van der Waals surface area contributed by atoms with Gasteiger partial charge in [0.15, 0.2) is 0 Å². The summed E-state index contributed by atoms with van der Waals surface area (Å²) in [7, 11) is 0. The molecule has 1 heterocycles. The third-order valence-corrected chi connectivity index (χ3v) is 4.39. The van der Waals surface area contributed by atoms with Crippen molar-refractivity contribution in [1.29, 1.82) is 0 Å². The average molecular weight is 383 g/mol. The number of halogens is 1. The summed E-state index contributed by atoms with van der Waals surface area (Å²) in [5.41, 5.74) is 2.05. The lowest BCUT2D eigenvalue weighted by Crippen LogP contribution is -2.34. The Labute approximate surface area is 165 Å². The molecular formula is C23H26FNO3. The number of aryl methyl sites for hydroxylation is 1. The molecule has 28 heavy (non-hydrogen) atoms. The first kappa shape index (κ1) is 20.3. The summed E-state index contributed by atoms with van der Waals surface area (Å²) in [6.07, 6.45) is -0.639. The minimum atomic E-state index is -0.639. The fraction of sp³-hybridized carbons (Fsp3) is 0.304. The van der Waals surface area contributed by atoms with Crippen molar-refractivity contribution in [2.75, 3.05) is 13.2 Å². The van der Waals surface area contributed by atoms with Crippen molar-refractivity contribution >= 4 is 0 Å². The van der Waals surface area contributed by atoms with E-state index in [1.165, 1.54) is 12.1 Å². The maximum Gasteiger partial charge on any atom is 0.123 e. The number of aliphatic hydroxyl groups excluding tert-OH is 1. The van der Waals surface area contributed by atoms with Crippen molar-refractivity contribution in [3.8, 4) is 0 Å². The lowest BCUT2D eigenvalue weighted by atomic mass is 10.2. The van der Waals surface area contributed by atoms with Gasteiger partial charge in [0, 0.05) is 13.1 Å². The summed E-state index contributed by atoms with van der Waals surface area (Å²) in [6, 6.07) is 20.1. The van der Waals surface area contributed by atoms with Crippen LogP contribution in [0.25, 0.3) is 0 Å². The first-order valence-corrected chi connectivity index (χ1v) is 9.40. The number of rotatable bonds is 10. The van der Waals surface area contributed by atoms with Gasteiger partial charge in [-0.3, -0.25) is 4.90 Å². The van der Waals surface area contributed by atoms with Gasteiger partial charge in [-0.1, -0.05) is 42.5 Å². The van der Waals surface area contributed by atoms with Crippen LogP contribution in [-0.4, -0.2) is 29.3 Å². The summed E-state index contributed by atoms with van der Waals surface area (Å²) in [6.45, 7) is 4.17. The van der Waals surface area contributed by atoms with Gasteiger partial charge in [-0.2, -0.15) is 0 Å². The van der Waals surface area contributed by atoms with Gasteiger partial charge in [0.25, 0.3) is 0 Å². The third kappa shape index (κ3) is 6.60. The highest BCUT2D eigenvalue weighted by Gasteiger charge is 2.15. The Kier molecular flexibility index (Phi) is 7.37. The summed E-state index contributed by atoms with van der Waals surface area (Å²) < 4.78 is 24.5. The Hall–Kier alpha value is -2.47. The number of nitrogens with zero attached hydrogens (tertiary/aromatic N) is 1. The van der Waals surface area contributed by atoms with Crippen LogP contribution in [0.15, 0.2) is 71.1 Å². The van der Waals surface area contributed by atoms with E-state index in [4.69, 9.17) is 9.15 Å². The monoisotopic (exact) mass is 383 g/mol.